The fraction of sp³-hybridized carbons (Fsp3) is 0.217. The van der Waals surface area contributed by atoms with E-state index < -0.39 is 0 Å². The second-order valence-electron chi connectivity index (χ2n) is 6.68. The molecule has 142 valence electrons. The van der Waals surface area contributed by atoms with E-state index in [0.29, 0.717) is 6.54 Å². The van der Waals surface area contributed by atoms with Crippen LogP contribution in [0.5, 0.6) is 0 Å². The lowest BCUT2D eigenvalue weighted by molar-refractivity contribution is -0.114. The van der Waals surface area contributed by atoms with Crippen molar-refractivity contribution in [1.29, 1.82) is 0 Å². The van der Waals surface area contributed by atoms with E-state index in [1.807, 2.05) is 65.6 Å². The summed E-state index contributed by atoms with van der Waals surface area (Å²) in [6.45, 7) is 3.08. The molecule has 1 saturated heterocycles. The molecule has 0 bridgehead atoms. The number of hydrogen-bond donors (Lipinski definition) is 1. The highest BCUT2D eigenvalue weighted by atomic mass is 32.2. The highest BCUT2D eigenvalue weighted by Gasteiger charge is 2.27. The van der Waals surface area contributed by atoms with Crippen LogP contribution in [-0.4, -0.2) is 37.1 Å². The van der Waals surface area contributed by atoms with Gasteiger partial charge in [0, 0.05) is 30.6 Å². The van der Waals surface area contributed by atoms with Crippen molar-refractivity contribution < 1.29 is 4.79 Å². The third kappa shape index (κ3) is 4.23. The van der Waals surface area contributed by atoms with Gasteiger partial charge in [-0.05, 0) is 23.8 Å². The van der Waals surface area contributed by atoms with Gasteiger partial charge in [0.1, 0.15) is 0 Å². The number of allylic oxidation sites excluding steroid dienone is 1. The molecule has 2 aliphatic heterocycles. The van der Waals surface area contributed by atoms with Gasteiger partial charge in [-0.2, -0.15) is 0 Å². The normalized spacial score (nSPS) is 19.8. The highest BCUT2D eigenvalue weighted by molar-refractivity contribution is 8.03. The van der Waals surface area contributed by atoms with Crippen molar-refractivity contribution in [1.82, 2.24) is 10.2 Å². The maximum absolute atomic E-state index is 13.6. The summed E-state index contributed by atoms with van der Waals surface area (Å²) >= 11 is 1.61. The summed E-state index contributed by atoms with van der Waals surface area (Å²) in [6.07, 6.45) is 3.88. The van der Waals surface area contributed by atoms with Crippen LogP contribution in [-0.2, 0) is 10.5 Å². The molecule has 0 aliphatic carbocycles. The number of carbonyl (C=O) groups excluding carboxylic acids is 1. The van der Waals surface area contributed by atoms with Crippen LogP contribution < -0.4 is 10.2 Å². The molecule has 1 N–H and O–H groups in total. The molecule has 0 aromatic heterocycles. The molecular weight excluding hydrogens is 366 g/mol. The Balaban J connectivity index is 1.71. The first-order valence-electron chi connectivity index (χ1n) is 9.47. The molecule has 4 nitrogen and oxygen atoms in total. The molecule has 5 heteroatoms. The molecule has 0 unspecified atom stereocenters. The minimum atomic E-state index is 0.0445. The van der Waals surface area contributed by atoms with Gasteiger partial charge >= 0.3 is 0 Å². The number of hydrogen-bond acceptors (Lipinski definition) is 4. The summed E-state index contributed by atoms with van der Waals surface area (Å²) in [5, 5.41) is 3.36. The standard InChI is InChI=1S/C23H23N3OS/c27-23-22(28-17-19-9-3-1-4-10-19)21(25-16-14-24-18-25)13-7-8-15-26(23)20-11-5-2-6-12-20/h1-6,8-13,24H,14-18H2/b22-21-. The first-order chi connectivity index (χ1) is 13.8. The average Bonchev–Trinajstić information content (AvgIpc) is 3.26. The SMILES string of the molecule is O=C1/C(SCc2ccccc2)=C(/N2CCNC2)C=C=CCN1c1ccccc1. The van der Waals surface area contributed by atoms with Crippen molar-refractivity contribution in [3.63, 3.8) is 0 Å². The Morgan fingerprint density at radius 2 is 1.79 bits per heavy atom. The summed E-state index contributed by atoms with van der Waals surface area (Å²) in [7, 11) is 0. The summed E-state index contributed by atoms with van der Waals surface area (Å²) in [6, 6.07) is 20.1. The largest absolute Gasteiger partial charge is 0.356 e. The quantitative estimate of drug-likeness (QED) is 0.790. The molecule has 2 aromatic carbocycles. The Hall–Kier alpha value is -2.72. The fourth-order valence-corrected chi connectivity index (χ4v) is 4.38. The topological polar surface area (TPSA) is 35.6 Å². The van der Waals surface area contributed by atoms with Gasteiger partial charge < -0.3 is 9.80 Å². The minimum Gasteiger partial charge on any atom is -0.356 e. The van der Waals surface area contributed by atoms with Gasteiger partial charge in [0.05, 0.1) is 23.8 Å². The second-order valence-corrected chi connectivity index (χ2v) is 7.66. The van der Waals surface area contributed by atoms with E-state index in [4.69, 9.17) is 0 Å². The number of amides is 1. The van der Waals surface area contributed by atoms with Crippen LogP contribution in [0, 0.1) is 0 Å². The number of thioether (sulfide) groups is 1. The predicted molar refractivity (Wildman–Crippen MR) is 116 cm³/mol. The number of nitrogens with zero attached hydrogens (tertiary/aromatic N) is 2. The fourth-order valence-electron chi connectivity index (χ4n) is 3.31. The maximum atomic E-state index is 13.6. The average molecular weight is 390 g/mol. The molecule has 2 heterocycles. The van der Waals surface area contributed by atoms with Crippen molar-refractivity contribution in [2.75, 3.05) is 31.2 Å². The van der Waals surface area contributed by atoms with E-state index in [-0.39, 0.29) is 5.91 Å². The Kier molecular flexibility index (Phi) is 5.98. The molecule has 0 radical (unpaired) electrons. The first-order valence-corrected chi connectivity index (χ1v) is 10.5. The Bertz CT molecular complexity index is 911. The minimum absolute atomic E-state index is 0.0445. The highest BCUT2D eigenvalue weighted by Crippen LogP contribution is 2.31. The van der Waals surface area contributed by atoms with E-state index in [1.165, 1.54) is 5.56 Å². The smallest absolute Gasteiger partial charge is 0.267 e. The Morgan fingerprint density at radius 3 is 2.50 bits per heavy atom. The van der Waals surface area contributed by atoms with Gasteiger partial charge in [-0.25, -0.2) is 0 Å². The number of benzene rings is 2. The van der Waals surface area contributed by atoms with Crippen LogP contribution in [0.3, 0.4) is 0 Å². The lowest BCUT2D eigenvalue weighted by atomic mass is 10.2. The number of rotatable bonds is 5. The molecular formula is C23H23N3OS. The molecule has 0 saturated carbocycles. The van der Waals surface area contributed by atoms with Gasteiger partial charge in [0.25, 0.3) is 5.91 Å². The summed E-state index contributed by atoms with van der Waals surface area (Å²) < 4.78 is 0. The first kappa shape index (κ1) is 18.6. The lowest BCUT2D eigenvalue weighted by Crippen LogP contribution is -2.34. The van der Waals surface area contributed by atoms with E-state index in [2.05, 4.69) is 28.1 Å². The van der Waals surface area contributed by atoms with Crippen molar-refractivity contribution in [3.8, 4) is 0 Å². The van der Waals surface area contributed by atoms with Crippen LogP contribution in [0.2, 0.25) is 0 Å². The Labute approximate surface area is 170 Å². The van der Waals surface area contributed by atoms with Crippen LogP contribution in [0.25, 0.3) is 0 Å². The maximum Gasteiger partial charge on any atom is 0.267 e. The molecule has 0 atom stereocenters. The van der Waals surface area contributed by atoms with Gasteiger partial charge in [-0.1, -0.05) is 48.5 Å². The molecule has 28 heavy (non-hydrogen) atoms. The van der Waals surface area contributed by atoms with Crippen molar-refractivity contribution >= 4 is 23.4 Å². The van der Waals surface area contributed by atoms with Gasteiger partial charge in [-0.3, -0.25) is 10.1 Å². The van der Waals surface area contributed by atoms with E-state index in [1.54, 1.807) is 11.8 Å². The monoisotopic (exact) mass is 389 g/mol. The molecule has 0 spiro atoms. The van der Waals surface area contributed by atoms with Crippen molar-refractivity contribution in [2.24, 2.45) is 0 Å². The zero-order chi connectivity index (χ0) is 19.2. The molecule has 4 rings (SSSR count). The summed E-state index contributed by atoms with van der Waals surface area (Å²) in [4.78, 5) is 18.4. The number of carbonyl (C=O) groups is 1. The lowest BCUT2D eigenvalue weighted by Gasteiger charge is -2.27. The van der Waals surface area contributed by atoms with Crippen molar-refractivity contribution in [3.05, 3.63) is 94.7 Å². The van der Waals surface area contributed by atoms with Crippen molar-refractivity contribution in [2.45, 2.75) is 5.75 Å². The van der Waals surface area contributed by atoms with E-state index in [0.717, 1.165) is 41.8 Å². The molecule has 2 aromatic rings. The Morgan fingerprint density at radius 1 is 1.04 bits per heavy atom. The predicted octanol–water partition coefficient (Wildman–Crippen LogP) is 3.75. The second kappa shape index (κ2) is 8.98. The van der Waals surface area contributed by atoms with Gasteiger partial charge in [0.15, 0.2) is 0 Å². The third-order valence-corrected chi connectivity index (χ3v) is 5.93. The van der Waals surface area contributed by atoms with Gasteiger partial charge in [-0.15, -0.1) is 17.5 Å². The van der Waals surface area contributed by atoms with Crippen LogP contribution in [0.4, 0.5) is 5.69 Å². The van der Waals surface area contributed by atoms with E-state index >= 15 is 0 Å². The zero-order valence-corrected chi connectivity index (χ0v) is 16.5. The molecule has 2 aliphatic rings. The zero-order valence-electron chi connectivity index (χ0n) is 15.7. The number of nitrogens with one attached hydrogen (secondary N) is 1. The van der Waals surface area contributed by atoms with E-state index in [9.17, 15) is 4.79 Å². The molecule has 1 fully saturated rings. The summed E-state index contributed by atoms with van der Waals surface area (Å²) in [5.74, 6) is 0.801. The van der Waals surface area contributed by atoms with Gasteiger partial charge in [0.2, 0.25) is 0 Å². The third-order valence-electron chi connectivity index (χ3n) is 4.78. The van der Waals surface area contributed by atoms with Crippen LogP contribution in [0.1, 0.15) is 5.56 Å². The van der Waals surface area contributed by atoms with Crippen LogP contribution >= 0.6 is 11.8 Å². The number of para-hydroxylation sites is 1. The molecule has 1 amide bonds. The summed E-state index contributed by atoms with van der Waals surface area (Å²) in [5.41, 5.74) is 6.34. The number of anilines is 1. The van der Waals surface area contributed by atoms with Crippen LogP contribution in [0.15, 0.2) is 89.1 Å².